The highest BCUT2D eigenvalue weighted by Gasteiger charge is 2.28. The highest BCUT2D eigenvalue weighted by Crippen LogP contribution is 2.33. The first kappa shape index (κ1) is 5.60. The first-order valence-corrected chi connectivity index (χ1v) is 2.93. The van der Waals surface area contributed by atoms with E-state index in [1.807, 2.05) is 6.92 Å². The summed E-state index contributed by atoms with van der Waals surface area (Å²) in [5.74, 6) is 0.667. The van der Waals surface area contributed by atoms with E-state index < -0.39 is 0 Å². The Balaban J connectivity index is 2.12. The molecule has 0 saturated heterocycles. The largest absolute Gasteiger partial charge is 0.465 e. The van der Waals surface area contributed by atoms with Crippen LogP contribution in [0.3, 0.4) is 0 Å². The molecular weight excluding hydrogens is 104 g/mol. The van der Waals surface area contributed by atoms with Crippen LogP contribution in [-0.2, 0) is 9.53 Å². The van der Waals surface area contributed by atoms with Crippen LogP contribution in [0.25, 0.3) is 0 Å². The third-order valence-corrected chi connectivity index (χ3v) is 1.56. The fourth-order valence-corrected chi connectivity index (χ4v) is 0.764. The van der Waals surface area contributed by atoms with Gasteiger partial charge in [-0.15, -0.1) is 0 Å². The van der Waals surface area contributed by atoms with E-state index in [1.54, 1.807) is 0 Å². The van der Waals surface area contributed by atoms with Crippen LogP contribution in [0, 0.1) is 5.92 Å². The van der Waals surface area contributed by atoms with E-state index in [9.17, 15) is 4.79 Å². The maximum atomic E-state index is 9.73. The van der Waals surface area contributed by atoms with Gasteiger partial charge in [0.05, 0.1) is 0 Å². The van der Waals surface area contributed by atoms with E-state index in [1.165, 1.54) is 12.8 Å². The Labute approximate surface area is 48.8 Å². The molecule has 0 bridgehead atoms. The number of hydrogen-bond donors (Lipinski definition) is 0. The Hall–Kier alpha value is -0.530. The van der Waals surface area contributed by atoms with Crippen LogP contribution in [0.1, 0.15) is 19.8 Å². The summed E-state index contributed by atoms with van der Waals surface area (Å²) in [4.78, 5) is 9.73. The van der Waals surface area contributed by atoms with Gasteiger partial charge in [-0.3, -0.25) is 4.79 Å². The maximum Gasteiger partial charge on any atom is 0.293 e. The number of carbonyl (C=O) groups is 1. The second-order valence-corrected chi connectivity index (χ2v) is 2.27. The Bertz CT molecular complexity index is 86.5. The Kier molecular flexibility index (Phi) is 1.51. The summed E-state index contributed by atoms with van der Waals surface area (Å²) in [7, 11) is 0. The lowest BCUT2D eigenvalue weighted by molar-refractivity contribution is -0.133. The van der Waals surface area contributed by atoms with Crippen molar-refractivity contribution in [2.24, 2.45) is 5.92 Å². The molecule has 0 unspecified atom stereocenters. The fourth-order valence-electron chi connectivity index (χ4n) is 0.764. The van der Waals surface area contributed by atoms with E-state index in [0.29, 0.717) is 12.4 Å². The second-order valence-electron chi connectivity index (χ2n) is 2.27. The van der Waals surface area contributed by atoms with Crippen molar-refractivity contribution in [3.8, 4) is 0 Å². The molecule has 0 N–H and O–H groups in total. The molecule has 46 valence electrons. The van der Waals surface area contributed by atoms with Crippen molar-refractivity contribution in [1.82, 2.24) is 0 Å². The summed E-state index contributed by atoms with van der Waals surface area (Å²) in [6.45, 7) is 2.47. The molecular formula is C6H10O2. The predicted octanol–water partition coefficient (Wildman–Crippen LogP) is 0.958. The van der Waals surface area contributed by atoms with Gasteiger partial charge >= 0.3 is 0 Å². The topological polar surface area (TPSA) is 26.3 Å². The van der Waals surface area contributed by atoms with Gasteiger partial charge in [-0.1, -0.05) is 0 Å². The van der Waals surface area contributed by atoms with Crippen LogP contribution < -0.4 is 0 Å². The van der Waals surface area contributed by atoms with Crippen molar-refractivity contribution in [2.75, 3.05) is 0 Å². The lowest BCUT2D eigenvalue weighted by atomic mass is 10.3. The van der Waals surface area contributed by atoms with Crippen molar-refractivity contribution in [3.63, 3.8) is 0 Å². The molecule has 0 aliphatic heterocycles. The molecule has 0 radical (unpaired) electrons. The van der Waals surface area contributed by atoms with Crippen LogP contribution >= 0.6 is 0 Å². The fraction of sp³-hybridized carbons (Fsp3) is 0.833. The summed E-state index contributed by atoms with van der Waals surface area (Å²) in [6.07, 6.45) is 2.62. The van der Waals surface area contributed by atoms with Crippen LogP contribution in [0.2, 0.25) is 0 Å². The normalized spacial score (nSPS) is 22.1. The zero-order valence-corrected chi connectivity index (χ0v) is 4.96. The second kappa shape index (κ2) is 2.16. The minimum Gasteiger partial charge on any atom is -0.465 e. The lowest BCUT2D eigenvalue weighted by Gasteiger charge is -2.04. The third kappa shape index (κ3) is 1.22. The van der Waals surface area contributed by atoms with Gasteiger partial charge < -0.3 is 4.74 Å². The van der Waals surface area contributed by atoms with Crippen LogP contribution in [-0.4, -0.2) is 12.6 Å². The number of rotatable bonds is 3. The van der Waals surface area contributed by atoms with Gasteiger partial charge in [0, 0.05) is 0 Å². The van der Waals surface area contributed by atoms with Gasteiger partial charge in [0.2, 0.25) is 0 Å². The molecule has 0 amide bonds. The van der Waals surface area contributed by atoms with Crippen LogP contribution in [0.5, 0.6) is 0 Å². The molecule has 1 rings (SSSR count). The number of ether oxygens (including phenoxy) is 1. The van der Waals surface area contributed by atoms with Crippen molar-refractivity contribution >= 4 is 6.47 Å². The number of hydrogen-bond acceptors (Lipinski definition) is 2. The van der Waals surface area contributed by atoms with Gasteiger partial charge in [0.1, 0.15) is 6.10 Å². The molecule has 2 heteroatoms. The van der Waals surface area contributed by atoms with E-state index in [0.717, 1.165) is 0 Å². The first-order chi connectivity index (χ1) is 3.84. The molecule has 0 spiro atoms. The quantitative estimate of drug-likeness (QED) is 0.511. The first-order valence-electron chi connectivity index (χ1n) is 2.93. The summed E-state index contributed by atoms with van der Waals surface area (Å²) >= 11 is 0. The Morgan fingerprint density at radius 3 is 2.75 bits per heavy atom. The van der Waals surface area contributed by atoms with Crippen molar-refractivity contribution in [3.05, 3.63) is 0 Å². The molecule has 8 heavy (non-hydrogen) atoms. The zero-order valence-electron chi connectivity index (χ0n) is 4.96. The van der Waals surface area contributed by atoms with E-state index in [-0.39, 0.29) is 6.10 Å². The zero-order chi connectivity index (χ0) is 5.98. The van der Waals surface area contributed by atoms with Crippen molar-refractivity contribution < 1.29 is 9.53 Å². The van der Waals surface area contributed by atoms with E-state index in [4.69, 9.17) is 0 Å². The highest BCUT2D eigenvalue weighted by atomic mass is 16.5. The van der Waals surface area contributed by atoms with Crippen molar-refractivity contribution in [1.29, 1.82) is 0 Å². The average Bonchev–Trinajstić information content (AvgIpc) is 2.45. The monoisotopic (exact) mass is 114 g/mol. The molecule has 2 nitrogen and oxygen atoms in total. The highest BCUT2D eigenvalue weighted by molar-refractivity contribution is 5.37. The Morgan fingerprint density at radius 2 is 2.38 bits per heavy atom. The Morgan fingerprint density at radius 1 is 1.75 bits per heavy atom. The maximum absolute atomic E-state index is 9.73. The van der Waals surface area contributed by atoms with Gasteiger partial charge in [-0.05, 0) is 25.7 Å². The van der Waals surface area contributed by atoms with Gasteiger partial charge in [0.25, 0.3) is 6.47 Å². The molecule has 0 aromatic carbocycles. The van der Waals surface area contributed by atoms with Crippen molar-refractivity contribution in [2.45, 2.75) is 25.9 Å². The molecule has 1 saturated carbocycles. The standard InChI is InChI=1S/C6H10O2/c1-5(8-4-7)6-2-3-6/h4-6H,2-3H2,1H3/t5-/m1/s1. The molecule has 0 aromatic rings. The molecule has 0 heterocycles. The summed E-state index contributed by atoms with van der Waals surface area (Å²) < 4.78 is 4.69. The number of carbonyl (C=O) groups excluding carboxylic acids is 1. The molecule has 0 aromatic heterocycles. The van der Waals surface area contributed by atoms with E-state index >= 15 is 0 Å². The van der Waals surface area contributed by atoms with Crippen LogP contribution in [0.4, 0.5) is 0 Å². The minimum atomic E-state index is 0.160. The smallest absolute Gasteiger partial charge is 0.293 e. The van der Waals surface area contributed by atoms with Gasteiger partial charge in [-0.2, -0.15) is 0 Å². The van der Waals surface area contributed by atoms with Crippen LogP contribution in [0.15, 0.2) is 0 Å². The summed E-state index contributed by atoms with van der Waals surface area (Å²) in [5, 5.41) is 0. The summed E-state index contributed by atoms with van der Waals surface area (Å²) in [6, 6.07) is 0. The molecule has 1 aliphatic carbocycles. The van der Waals surface area contributed by atoms with E-state index in [2.05, 4.69) is 4.74 Å². The lowest BCUT2D eigenvalue weighted by Crippen LogP contribution is -2.08. The molecule has 1 aliphatic rings. The average molecular weight is 114 g/mol. The third-order valence-electron chi connectivity index (χ3n) is 1.56. The molecule has 1 atom stereocenters. The SMILES string of the molecule is C[C@@H](OC=O)C1CC1. The van der Waals surface area contributed by atoms with Gasteiger partial charge in [0.15, 0.2) is 0 Å². The predicted molar refractivity (Wildman–Crippen MR) is 29.3 cm³/mol. The molecule has 1 fully saturated rings. The minimum absolute atomic E-state index is 0.160. The van der Waals surface area contributed by atoms with Gasteiger partial charge in [-0.25, -0.2) is 0 Å². The summed E-state index contributed by atoms with van der Waals surface area (Å²) in [5.41, 5.74) is 0.